The topological polar surface area (TPSA) is 111 Å². The van der Waals surface area contributed by atoms with Gasteiger partial charge >= 0.3 is 0 Å². The molecule has 0 amide bonds. The van der Waals surface area contributed by atoms with Crippen LogP contribution in [-0.4, -0.2) is 40.2 Å². The molecule has 0 aromatic carbocycles. The predicted octanol–water partition coefficient (Wildman–Crippen LogP) is 3.97. The van der Waals surface area contributed by atoms with Crippen molar-refractivity contribution in [2.24, 2.45) is 0 Å². The Morgan fingerprint density at radius 1 is 1.09 bits per heavy atom. The zero-order valence-electron chi connectivity index (χ0n) is 19.4. The van der Waals surface area contributed by atoms with Crippen LogP contribution < -0.4 is 10.9 Å². The second-order valence-electron chi connectivity index (χ2n) is 8.18. The number of hydrogen-bond acceptors (Lipinski definition) is 9. The minimum atomic E-state index is -0.221. The molecule has 0 saturated heterocycles. The zero-order valence-corrected chi connectivity index (χ0v) is 20.3. The number of rotatable bonds is 8. The zero-order chi connectivity index (χ0) is 23.7. The summed E-state index contributed by atoms with van der Waals surface area (Å²) in [5, 5.41) is 3.15. The highest BCUT2D eigenvalue weighted by molar-refractivity contribution is 7.99. The summed E-state index contributed by atoms with van der Waals surface area (Å²) >= 11 is 1.74. The van der Waals surface area contributed by atoms with E-state index in [-0.39, 0.29) is 11.4 Å². The van der Waals surface area contributed by atoms with Gasteiger partial charge in [-0.1, -0.05) is 6.92 Å². The highest BCUT2D eigenvalue weighted by atomic mass is 32.2. The van der Waals surface area contributed by atoms with Gasteiger partial charge in [-0.05, 0) is 44.6 Å². The van der Waals surface area contributed by atoms with E-state index >= 15 is 0 Å². The van der Waals surface area contributed by atoms with Crippen molar-refractivity contribution < 1.29 is 0 Å². The van der Waals surface area contributed by atoms with Gasteiger partial charge in [-0.25, -0.2) is 24.9 Å². The molecule has 0 aliphatic heterocycles. The lowest BCUT2D eigenvalue weighted by molar-refractivity contribution is 0.742. The SMILES string of the molecule is CCSc1ccc(CNc2nc3cnc(-c4c(C)ncnc4C4CC4)nc3n(CC)c2=O)nc1. The molecule has 1 aliphatic carbocycles. The van der Waals surface area contributed by atoms with E-state index in [0.29, 0.717) is 36.0 Å². The first kappa shape index (κ1) is 22.4. The summed E-state index contributed by atoms with van der Waals surface area (Å²) in [5.41, 5.74) is 4.36. The van der Waals surface area contributed by atoms with Crippen molar-refractivity contribution in [3.63, 3.8) is 0 Å². The van der Waals surface area contributed by atoms with Crippen molar-refractivity contribution >= 4 is 28.7 Å². The lowest BCUT2D eigenvalue weighted by Crippen LogP contribution is -2.26. The number of aryl methyl sites for hydroxylation is 2. The third kappa shape index (κ3) is 4.37. The van der Waals surface area contributed by atoms with Crippen molar-refractivity contribution in [3.05, 3.63) is 58.3 Å². The minimum absolute atomic E-state index is 0.221. The molecule has 5 rings (SSSR count). The number of nitrogens with zero attached hydrogens (tertiary/aromatic N) is 7. The van der Waals surface area contributed by atoms with Crippen LogP contribution in [-0.2, 0) is 13.1 Å². The molecule has 1 saturated carbocycles. The average Bonchev–Trinajstić information content (AvgIpc) is 3.69. The van der Waals surface area contributed by atoms with Gasteiger partial charge in [0.2, 0.25) is 0 Å². The second kappa shape index (κ2) is 9.46. The van der Waals surface area contributed by atoms with Crippen LogP contribution in [0.4, 0.5) is 5.82 Å². The Labute approximate surface area is 201 Å². The summed E-state index contributed by atoms with van der Waals surface area (Å²) < 4.78 is 1.63. The normalized spacial score (nSPS) is 13.4. The van der Waals surface area contributed by atoms with Crippen LogP contribution >= 0.6 is 11.8 Å². The third-order valence-corrected chi connectivity index (χ3v) is 6.66. The summed E-state index contributed by atoms with van der Waals surface area (Å²) in [7, 11) is 0. The molecule has 1 aliphatic rings. The van der Waals surface area contributed by atoms with Gasteiger partial charge in [0, 0.05) is 23.6 Å². The van der Waals surface area contributed by atoms with Crippen LogP contribution in [0.1, 0.15) is 49.7 Å². The molecule has 4 heterocycles. The third-order valence-electron chi connectivity index (χ3n) is 5.80. The second-order valence-corrected chi connectivity index (χ2v) is 9.52. The van der Waals surface area contributed by atoms with E-state index < -0.39 is 0 Å². The van der Waals surface area contributed by atoms with Gasteiger partial charge in [0.05, 0.1) is 35.4 Å². The molecule has 0 atom stereocenters. The molecule has 174 valence electrons. The number of pyridine rings is 1. The van der Waals surface area contributed by atoms with Gasteiger partial charge < -0.3 is 5.32 Å². The Balaban J connectivity index is 1.49. The summed E-state index contributed by atoms with van der Waals surface area (Å²) in [6, 6.07) is 4.00. The minimum Gasteiger partial charge on any atom is -0.360 e. The number of hydrogen-bond donors (Lipinski definition) is 1. The maximum Gasteiger partial charge on any atom is 0.294 e. The molecule has 1 fully saturated rings. The summed E-state index contributed by atoms with van der Waals surface area (Å²) in [6.45, 7) is 6.83. The molecule has 0 spiro atoms. The molecule has 4 aromatic rings. The Morgan fingerprint density at radius 3 is 2.65 bits per heavy atom. The lowest BCUT2D eigenvalue weighted by Gasteiger charge is -2.13. The van der Waals surface area contributed by atoms with E-state index in [1.807, 2.05) is 32.2 Å². The Morgan fingerprint density at radius 2 is 1.94 bits per heavy atom. The molecule has 0 bridgehead atoms. The molecule has 10 heteroatoms. The van der Waals surface area contributed by atoms with Crippen molar-refractivity contribution in [1.29, 1.82) is 0 Å². The highest BCUT2D eigenvalue weighted by Gasteiger charge is 2.30. The molecule has 9 nitrogen and oxygen atoms in total. The van der Waals surface area contributed by atoms with Crippen LogP contribution in [0.2, 0.25) is 0 Å². The van der Waals surface area contributed by atoms with Crippen molar-refractivity contribution in [2.45, 2.75) is 57.5 Å². The first-order chi connectivity index (χ1) is 16.6. The number of thioether (sulfide) groups is 1. The van der Waals surface area contributed by atoms with Crippen LogP contribution in [0.15, 0.2) is 40.5 Å². The van der Waals surface area contributed by atoms with E-state index in [4.69, 9.17) is 4.98 Å². The number of fused-ring (bicyclic) bond motifs is 1. The average molecular weight is 475 g/mol. The van der Waals surface area contributed by atoms with Gasteiger partial charge in [-0.3, -0.25) is 14.3 Å². The summed E-state index contributed by atoms with van der Waals surface area (Å²) in [5.74, 6) is 2.22. The van der Waals surface area contributed by atoms with Crippen LogP contribution in [0.25, 0.3) is 22.6 Å². The fourth-order valence-electron chi connectivity index (χ4n) is 3.94. The number of aromatic nitrogens is 7. The Kier molecular flexibility index (Phi) is 6.23. The van der Waals surface area contributed by atoms with Crippen LogP contribution in [0.3, 0.4) is 0 Å². The monoisotopic (exact) mass is 474 g/mol. The maximum absolute atomic E-state index is 13.2. The molecule has 0 radical (unpaired) electrons. The molecule has 0 unspecified atom stereocenters. The molecule has 4 aromatic heterocycles. The molecule has 1 N–H and O–H groups in total. The van der Waals surface area contributed by atoms with Gasteiger partial charge in [-0.2, -0.15) is 0 Å². The van der Waals surface area contributed by atoms with Crippen molar-refractivity contribution in [1.82, 2.24) is 34.5 Å². The maximum atomic E-state index is 13.2. The lowest BCUT2D eigenvalue weighted by atomic mass is 10.1. The standard InChI is InChI=1S/C24H26N8OS/c1-4-32-23-18(12-27-21(31-23)19-14(3)28-13-29-20(19)15-6-7-15)30-22(24(32)33)26-10-16-8-9-17(11-25-16)34-5-2/h8-9,11-13,15H,4-7,10H2,1-3H3,(H,26,30). The largest absolute Gasteiger partial charge is 0.360 e. The van der Waals surface area contributed by atoms with Crippen LogP contribution in [0, 0.1) is 6.92 Å². The first-order valence-corrected chi connectivity index (χ1v) is 12.5. The first-order valence-electron chi connectivity index (χ1n) is 11.5. The number of nitrogens with one attached hydrogen (secondary N) is 1. The van der Waals surface area contributed by atoms with Crippen molar-refractivity contribution in [2.75, 3.05) is 11.1 Å². The molecular formula is C24H26N8OS. The van der Waals surface area contributed by atoms with Gasteiger partial charge in [0.15, 0.2) is 17.3 Å². The van der Waals surface area contributed by atoms with E-state index in [1.54, 1.807) is 28.9 Å². The van der Waals surface area contributed by atoms with Crippen LogP contribution in [0.5, 0.6) is 0 Å². The Hall–Kier alpha value is -3.40. The van der Waals surface area contributed by atoms with Gasteiger partial charge in [-0.15, -0.1) is 11.8 Å². The fourth-order valence-corrected chi connectivity index (χ4v) is 4.57. The quantitative estimate of drug-likeness (QED) is 0.379. The van der Waals surface area contributed by atoms with E-state index in [2.05, 4.69) is 37.2 Å². The smallest absolute Gasteiger partial charge is 0.294 e. The molecule has 34 heavy (non-hydrogen) atoms. The fraction of sp³-hybridized carbons (Fsp3) is 0.375. The summed E-state index contributed by atoms with van der Waals surface area (Å²) in [6.07, 6.45) is 7.35. The Bertz CT molecular complexity index is 1400. The molecular weight excluding hydrogens is 448 g/mol. The predicted molar refractivity (Wildman–Crippen MR) is 133 cm³/mol. The van der Waals surface area contributed by atoms with E-state index in [1.165, 1.54) is 0 Å². The van der Waals surface area contributed by atoms with E-state index in [9.17, 15) is 4.79 Å². The van der Waals surface area contributed by atoms with E-state index in [0.717, 1.165) is 46.1 Å². The summed E-state index contributed by atoms with van der Waals surface area (Å²) in [4.78, 5) is 41.6. The van der Waals surface area contributed by atoms with Gasteiger partial charge in [0.1, 0.15) is 11.8 Å². The van der Waals surface area contributed by atoms with Gasteiger partial charge in [0.25, 0.3) is 5.56 Å². The van der Waals surface area contributed by atoms with Crippen molar-refractivity contribution in [3.8, 4) is 11.4 Å². The number of anilines is 1. The highest BCUT2D eigenvalue weighted by Crippen LogP contribution is 2.43.